The molecule has 1 aliphatic rings. The smallest absolute Gasteiger partial charge is 0.160 e. The predicted molar refractivity (Wildman–Crippen MR) is 230 cm³/mol. The van der Waals surface area contributed by atoms with Crippen molar-refractivity contribution in [3.63, 3.8) is 0 Å². The molecule has 2 heteroatoms. The van der Waals surface area contributed by atoms with Gasteiger partial charge in [-0.25, -0.2) is 9.97 Å². The first-order valence-corrected chi connectivity index (χ1v) is 19.0. The van der Waals surface area contributed by atoms with Crippen molar-refractivity contribution in [1.82, 2.24) is 9.97 Å². The summed E-state index contributed by atoms with van der Waals surface area (Å²) in [5.74, 6) is 0.713. The third-order valence-corrected chi connectivity index (χ3v) is 11.3. The third kappa shape index (κ3) is 5.93. The molecule has 0 amide bonds. The molecular formula is C53H38N2. The first-order chi connectivity index (χ1) is 27.0. The van der Waals surface area contributed by atoms with Gasteiger partial charge in [-0.1, -0.05) is 178 Å². The van der Waals surface area contributed by atoms with Gasteiger partial charge in [-0.05, 0) is 96.7 Å². The first kappa shape index (κ1) is 32.7. The number of nitrogens with zero attached hydrogens (tertiary/aromatic N) is 2. The second-order valence-corrected chi connectivity index (χ2v) is 15.1. The Kier molecular flexibility index (Phi) is 7.85. The molecule has 0 fully saturated rings. The fourth-order valence-electron chi connectivity index (χ4n) is 8.25. The van der Waals surface area contributed by atoms with Gasteiger partial charge >= 0.3 is 0 Å². The number of benzene rings is 8. The molecule has 0 aliphatic heterocycles. The highest BCUT2D eigenvalue weighted by Gasteiger charge is 2.35. The topological polar surface area (TPSA) is 25.8 Å². The highest BCUT2D eigenvalue weighted by atomic mass is 14.9. The summed E-state index contributed by atoms with van der Waals surface area (Å²) in [7, 11) is 0. The normalized spacial score (nSPS) is 12.7. The van der Waals surface area contributed by atoms with Gasteiger partial charge in [0, 0.05) is 22.1 Å². The molecule has 0 atom stereocenters. The molecule has 1 heterocycles. The van der Waals surface area contributed by atoms with E-state index in [1.807, 2.05) is 24.3 Å². The first-order valence-electron chi connectivity index (χ1n) is 19.0. The molecule has 0 spiro atoms. The Hall–Kier alpha value is -6.90. The number of fused-ring (bicyclic) bond motifs is 4. The van der Waals surface area contributed by atoms with E-state index < -0.39 is 0 Å². The van der Waals surface area contributed by atoms with E-state index in [1.165, 1.54) is 66.4 Å². The van der Waals surface area contributed by atoms with Crippen LogP contribution in [0.4, 0.5) is 0 Å². The van der Waals surface area contributed by atoms with Crippen molar-refractivity contribution < 1.29 is 0 Å². The van der Waals surface area contributed by atoms with Crippen LogP contribution in [0.1, 0.15) is 25.0 Å². The highest BCUT2D eigenvalue weighted by Crippen LogP contribution is 2.51. The lowest BCUT2D eigenvalue weighted by molar-refractivity contribution is 0.661. The van der Waals surface area contributed by atoms with Crippen LogP contribution in [0.3, 0.4) is 0 Å². The van der Waals surface area contributed by atoms with E-state index in [9.17, 15) is 0 Å². The lowest BCUT2D eigenvalue weighted by atomic mass is 9.81. The molecule has 1 aromatic heterocycles. The van der Waals surface area contributed by atoms with Crippen molar-refractivity contribution in [2.75, 3.05) is 0 Å². The van der Waals surface area contributed by atoms with Crippen LogP contribution in [-0.4, -0.2) is 9.97 Å². The van der Waals surface area contributed by atoms with Gasteiger partial charge < -0.3 is 0 Å². The van der Waals surface area contributed by atoms with Crippen LogP contribution in [0.5, 0.6) is 0 Å². The fraction of sp³-hybridized carbons (Fsp3) is 0.0566. The van der Waals surface area contributed by atoms with Crippen molar-refractivity contribution in [2.24, 2.45) is 0 Å². The number of aromatic nitrogens is 2. The molecular weight excluding hydrogens is 665 g/mol. The van der Waals surface area contributed by atoms with Crippen LogP contribution < -0.4 is 0 Å². The molecule has 0 saturated carbocycles. The number of hydrogen-bond donors (Lipinski definition) is 0. The van der Waals surface area contributed by atoms with Gasteiger partial charge in [0.1, 0.15) is 0 Å². The third-order valence-electron chi connectivity index (χ3n) is 11.3. The average Bonchev–Trinajstić information content (AvgIpc) is 3.47. The number of rotatable bonds is 6. The molecule has 0 N–H and O–H groups in total. The second kappa shape index (κ2) is 13.2. The molecule has 1 aliphatic carbocycles. The molecule has 0 saturated heterocycles. The van der Waals surface area contributed by atoms with Gasteiger partial charge in [-0.2, -0.15) is 0 Å². The maximum atomic E-state index is 5.08. The Labute approximate surface area is 322 Å². The van der Waals surface area contributed by atoms with E-state index >= 15 is 0 Å². The Balaban J connectivity index is 0.979. The summed E-state index contributed by atoms with van der Waals surface area (Å²) >= 11 is 0. The molecule has 0 radical (unpaired) electrons. The summed E-state index contributed by atoms with van der Waals surface area (Å²) < 4.78 is 0. The van der Waals surface area contributed by atoms with Gasteiger partial charge in [0.15, 0.2) is 5.82 Å². The zero-order chi connectivity index (χ0) is 36.9. The van der Waals surface area contributed by atoms with E-state index in [0.717, 1.165) is 28.1 Å². The zero-order valence-electron chi connectivity index (χ0n) is 30.9. The Bertz CT molecular complexity index is 2850. The summed E-state index contributed by atoms with van der Waals surface area (Å²) in [6.45, 7) is 4.70. The van der Waals surface area contributed by atoms with Crippen molar-refractivity contribution in [3.05, 3.63) is 205 Å². The maximum absolute atomic E-state index is 5.08. The average molecular weight is 703 g/mol. The lowest BCUT2D eigenvalue weighted by Crippen LogP contribution is -2.14. The molecule has 2 nitrogen and oxygen atoms in total. The zero-order valence-corrected chi connectivity index (χ0v) is 30.9. The maximum Gasteiger partial charge on any atom is 0.160 e. The van der Waals surface area contributed by atoms with Crippen LogP contribution >= 0.6 is 0 Å². The summed E-state index contributed by atoms with van der Waals surface area (Å²) in [5.41, 5.74) is 17.5. The lowest BCUT2D eigenvalue weighted by Gasteiger charge is -2.22. The minimum Gasteiger partial charge on any atom is -0.228 e. The minimum absolute atomic E-state index is 0.0455. The largest absolute Gasteiger partial charge is 0.228 e. The van der Waals surface area contributed by atoms with Crippen LogP contribution in [0.25, 0.3) is 89.2 Å². The van der Waals surface area contributed by atoms with Crippen LogP contribution in [-0.2, 0) is 5.41 Å². The summed E-state index contributed by atoms with van der Waals surface area (Å²) in [6.07, 6.45) is 0. The summed E-state index contributed by atoms with van der Waals surface area (Å²) in [4.78, 5) is 10.1. The van der Waals surface area contributed by atoms with Crippen molar-refractivity contribution in [2.45, 2.75) is 19.3 Å². The highest BCUT2D eigenvalue weighted by molar-refractivity contribution is 5.94. The molecule has 9 aromatic rings. The number of hydrogen-bond acceptors (Lipinski definition) is 2. The van der Waals surface area contributed by atoms with Crippen LogP contribution in [0, 0.1) is 0 Å². The monoisotopic (exact) mass is 702 g/mol. The second-order valence-electron chi connectivity index (χ2n) is 15.1. The van der Waals surface area contributed by atoms with Crippen molar-refractivity contribution in [3.8, 4) is 78.4 Å². The van der Waals surface area contributed by atoms with Crippen molar-refractivity contribution in [1.29, 1.82) is 0 Å². The molecule has 8 aromatic carbocycles. The van der Waals surface area contributed by atoms with Gasteiger partial charge in [-0.15, -0.1) is 0 Å². The Morgan fingerprint density at radius 3 is 1.38 bits per heavy atom. The van der Waals surface area contributed by atoms with Gasteiger partial charge in [0.2, 0.25) is 0 Å². The summed E-state index contributed by atoms with van der Waals surface area (Å²) in [6, 6.07) is 69.6. The predicted octanol–water partition coefficient (Wildman–Crippen LogP) is 13.9. The molecule has 0 bridgehead atoms. The Morgan fingerprint density at radius 2 is 0.745 bits per heavy atom. The molecule has 260 valence electrons. The van der Waals surface area contributed by atoms with Crippen molar-refractivity contribution >= 4 is 10.8 Å². The fourth-order valence-corrected chi connectivity index (χ4v) is 8.25. The van der Waals surface area contributed by atoms with E-state index in [4.69, 9.17) is 9.97 Å². The molecule has 55 heavy (non-hydrogen) atoms. The standard InChI is InChI=1S/C53H38N2/c1-53(2)48-29-28-45(32-46(48)47-31-43-16-9-10-17-44(43)33-49(47)53)42-19-11-18-41(30-42)37-22-26-39(27-23-37)51-34-50(54-52(55-51)40-14-7-4-8-15-40)38-24-20-36(21-25-38)35-12-5-3-6-13-35/h3-34H,1-2H3. The van der Waals surface area contributed by atoms with Crippen LogP contribution in [0.15, 0.2) is 194 Å². The van der Waals surface area contributed by atoms with Gasteiger partial charge in [0.05, 0.1) is 11.4 Å². The van der Waals surface area contributed by atoms with E-state index in [1.54, 1.807) is 0 Å². The van der Waals surface area contributed by atoms with Crippen LogP contribution in [0.2, 0.25) is 0 Å². The van der Waals surface area contributed by atoms with E-state index in [-0.39, 0.29) is 5.41 Å². The Morgan fingerprint density at radius 1 is 0.309 bits per heavy atom. The molecule has 0 unspecified atom stereocenters. The SMILES string of the molecule is CC1(C)c2ccc(-c3cccc(-c4ccc(-c5cc(-c6ccc(-c7ccccc7)cc6)nc(-c6ccccc6)n5)cc4)c3)cc2-c2cc3ccccc3cc21. The molecule has 10 rings (SSSR count). The summed E-state index contributed by atoms with van der Waals surface area (Å²) in [5, 5.41) is 2.58. The van der Waals surface area contributed by atoms with Gasteiger partial charge in [-0.3, -0.25) is 0 Å². The minimum atomic E-state index is -0.0455. The van der Waals surface area contributed by atoms with Gasteiger partial charge in [0.25, 0.3) is 0 Å². The quantitative estimate of drug-likeness (QED) is 0.172. The van der Waals surface area contributed by atoms with E-state index in [2.05, 4.69) is 184 Å². The van der Waals surface area contributed by atoms with E-state index in [0.29, 0.717) is 5.82 Å².